The zero-order chi connectivity index (χ0) is 57.5. The van der Waals surface area contributed by atoms with Crippen LogP contribution in [-0.2, 0) is 29.0 Å². The second kappa shape index (κ2) is 20.3. The Labute approximate surface area is 482 Å². The molecule has 16 nitrogen and oxygen atoms in total. The van der Waals surface area contributed by atoms with Gasteiger partial charge in [-0.25, -0.2) is 4.79 Å². The van der Waals surface area contributed by atoms with Crippen molar-refractivity contribution in [2.45, 2.75) is 151 Å². The molecule has 0 radical (unpaired) electrons. The van der Waals surface area contributed by atoms with Gasteiger partial charge in [-0.1, -0.05) is 49.4 Å². The van der Waals surface area contributed by atoms with Crippen molar-refractivity contribution in [3.8, 4) is 17.2 Å². The predicted molar refractivity (Wildman–Crippen MR) is 310 cm³/mol. The van der Waals surface area contributed by atoms with E-state index in [4.69, 9.17) is 19.6 Å². The quantitative estimate of drug-likeness (QED) is 0.0640. The maximum atomic E-state index is 15.9. The summed E-state index contributed by atoms with van der Waals surface area (Å²) >= 11 is 0. The number of hydrogen-bond acceptors (Lipinski definition) is 16. The van der Waals surface area contributed by atoms with Gasteiger partial charge in [-0.2, -0.15) is 0 Å². The highest BCUT2D eigenvalue weighted by Gasteiger charge is 2.60. The number of allylic oxidation sites excluding steroid dienone is 6. The van der Waals surface area contributed by atoms with E-state index in [1.807, 2.05) is 25.1 Å². The molecule has 0 spiro atoms. The number of nitrogens with one attached hydrogen (secondary N) is 3. The molecule has 6 bridgehead atoms. The van der Waals surface area contributed by atoms with Crippen LogP contribution in [0.25, 0.3) is 16.5 Å². The highest BCUT2D eigenvalue weighted by Crippen LogP contribution is 2.63. The van der Waals surface area contributed by atoms with Crippen LogP contribution in [0.2, 0.25) is 0 Å². The van der Waals surface area contributed by atoms with Crippen molar-refractivity contribution in [3.05, 3.63) is 162 Å². The van der Waals surface area contributed by atoms with Crippen LogP contribution in [-0.4, -0.2) is 91.0 Å². The second-order valence-electron chi connectivity index (χ2n) is 25.6. The molecule has 15 atom stereocenters. The molecule has 83 heavy (non-hydrogen) atoms. The van der Waals surface area contributed by atoms with E-state index in [0.717, 1.165) is 57.2 Å². The fraction of sp³-hybridized carbons (Fsp3) is 0.493. The van der Waals surface area contributed by atoms with Gasteiger partial charge in [0.1, 0.15) is 63.7 Å². The Morgan fingerprint density at radius 3 is 2.58 bits per heavy atom. The number of ether oxygens (including phenoxy) is 2. The van der Waals surface area contributed by atoms with Crippen LogP contribution < -0.4 is 31.8 Å². The summed E-state index contributed by atoms with van der Waals surface area (Å²) in [6.45, 7) is 5.84. The number of aliphatic hydroxyl groups excluding tert-OH is 4. The van der Waals surface area contributed by atoms with Crippen molar-refractivity contribution >= 4 is 22.5 Å². The van der Waals surface area contributed by atoms with E-state index in [-0.39, 0.29) is 88.0 Å². The van der Waals surface area contributed by atoms with Crippen molar-refractivity contribution in [2.24, 2.45) is 41.2 Å². The summed E-state index contributed by atoms with van der Waals surface area (Å²) in [5, 5.41) is 93.6. The van der Waals surface area contributed by atoms with Crippen LogP contribution in [0, 0.1) is 35.5 Å². The normalized spacial score (nSPS) is 34.7. The maximum absolute atomic E-state index is 15.9. The van der Waals surface area contributed by atoms with Crippen molar-refractivity contribution in [1.29, 1.82) is 0 Å². The van der Waals surface area contributed by atoms with E-state index in [9.17, 15) is 40.5 Å². The van der Waals surface area contributed by atoms with Crippen molar-refractivity contribution in [1.82, 2.24) is 16.0 Å². The molecule has 5 heterocycles. The van der Waals surface area contributed by atoms with Crippen molar-refractivity contribution in [3.63, 3.8) is 0 Å². The Kier molecular flexibility index (Phi) is 13.3. The summed E-state index contributed by atoms with van der Waals surface area (Å²) in [6.07, 6.45) is 13.2. The Morgan fingerprint density at radius 2 is 1.78 bits per heavy atom. The number of rotatable bonds is 7. The molecule has 16 heteroatoms. The number of aromatic hydroxyl groups is 2. The third-order valence-electron chi connectivity index (χ3n) is 21.6. The van der Waals surface area contributed by atoms with E-state index in [2.05, 4.69) is 53.4 Å². The van der Waals surface area contributed by atoms with Gasteiger partial charge in [0, 0.05) is 60.0 Å². The second-order valence-corrected chi connectivity index (χ2v) is 25.6. The highest BCUT2D eigenvalue weighted by molar-refractivity contribution is 5.93. The average molecular weight is 1130 g/mol. The molecular weight excluding hydrogens is 1050 g/mol. The lowest BCUT2D eigenvalue weighted by atomic mass is 9.61. The van der Waals surface area contributed by atoms with Crippen LogP contribution >= 0.6 is 0 Å². The van der Waals surface area contributed by atoms with Crippen LogP contribution in [0.3, 0.4) is 0 Å². The third kappa shape index (κ3) is 8.27. The summed E-state index contributed by atoms with van der Waals surface area (Å²) in [4.78, 5) is 30.6. The Balaban J connectivity index is 0.971. The monoisotopic (exact) mass is 1130 g/mol. The smallest absolute Gasteiger partial charge is 0.337 e. The molecule has 3 fully saturated rings. The number of carbonyl (C=O) groups is 1. The molecular formula is C67H76N4O12. The first-order valence-electron chi connectivity index (χ1n) is 30.3. The molecule has 3 aromatic carbocycles. The van der Waals surface area contributed by atoms with E-state index in [1.165, 1.54) is 5.57 Å². The highest BCUT2D eigenvalue weighted by atomic mass is 16.6. The first-order valence-corrected chi connectivity index (χ1v) is 30.3. The lowest BCUT2D eigenvalue weighted by molar-refractivity contribution is -0.171. The maximum Gasteiger partial charge on any atom is 0.337 e. The number of nitrogens with two attached hydrogens (primary N) is 1. The van der Waals surface area contributed by atoms with Gasteiger partial charge in [-0.3, -0.25) is 10.1 Å². The number of aliphatic hydroxyl groups is 5. The number of dihydropyridines is 2. The van der Waals surface area contributed by atoms with Gasteiger partial charge in [-0.15, -0.1) is 0 Å². The van der Waals surface area contributed by atoms with Crippen LogP contribution in [0.1, 0.15) is 147 Å². The summed E-state index contributed by atoms with van der Waals surface area (Å²) < 4.78 is 21.6. The summed E-state index contributed by atoms with van der Waals surface area (Å²) in [5.74, 6) is -4.08. The lowest BCUT2D eigenvalue weighted by Gasteiger charge is -2.52. The SMILES string of the molecule is CC=C(C(=O)OC1Cc2c3c(c4oc(CO)cc(=O)c4c2O)C2C4=CCNC(N)=C4C(CCc4ccc(O)cc4C2CO)C2CCC4=CC(NCC)NC=C4CC2C1(C)O3)C1(O)CC2CC1C=C1c3c2cccc3C(O)C2CC(O)CCC12. The van der Waals surface area contributed by atoms with Crippen LogP contribution in [0.5, 0.6) is 17.2 Å². The Morgan fingerprint density at radius 1 is 0.952 bits per heavy atom. The largest absolute Gasteiger partial charge is 0.508 e. The molecule has 15 unspecified atom stereocenters. The van der Waals surface area contributed by atoms with Gasteiger partial charge in [0.05, 0.1) is 30.6 Å². The van der Waals surface area contributed by atoms with Crippen LogP contribution in [0.4, 0.5) is 0 Å². The van der Waals surface area contributed by atoms with Crippen LogP contribution in [0.15, 0.2) is 116 Å². The number of fused-ring (bicyclic) bond motifs is 14. The van der Waals surface area contributed by atoms with E-state index < -0.39 is 83.5 Å². The molecule has 10 aliphatic rings. The number of likely N-dealkylation sites (N-methyl/N-ethyl adjacent to an activating group) is 1. The minimum Gasteiger partial charge on any atom is -0.508 e. The molecule has 1 aromatic heterocycles. The average Bonchev–Trinajstić information content (AvgIpc) is 3.86. The van der Waals surface area contributed by atoms with Gasteiger partial charge < -0.3 is 66.0 Å². The number of hydrogen-bond donors (Lipinski definition) is 11. The zero-order valence-corrected chi connectivity index (χ0v) is 47.3. The first-order chi connectivity index (χ1) is 40.1. The number of benzene rings is 3. The van der Waals surface area contributed by atoms with Gasteiger partial charge in [0.15, 0.2) is 5.43 Å². The summed E-state index contributed by atoms with van der Waals surface area (Å²) in [6, 6.07) is 12.5. The van der Waals surface area contributed by atoms with E-state index in [0.29, 0.717) is 81.3 Å². The zero-order valence-electron chi connectivity index (χ0n) is 47.3. The number of aryl methyl sites for hydroxylation is 1. The van der Waals surface area contributed by atoms with Gasteiger partial charge >= 0.3 is 5.97 Å². The van der Waals surface area contributed by atoms with Crippen molar-refractivity contribution < 1.29 is 54.4 Å². The Bertz CT molecular complexity index is 3650. The van der Waals surface area contributed by atoms with E-state index in [1.54, 1.807) is 25.1 Å². The first kappa shape index (κ1) is 54.3. The fourth-order valence-electron chi connectivity index (χ4n) is 17.9. The number of phenolic OH excluding ortho intramolecular Hbond substituents is 2. The topological polar surface area (TPSA) is 269 Å². The van der Waals surface area contributed by atoms with E-state index >= 15 is 4.79 Å². The summed E-state index contributed by atoms with van der Waals surface area (Å²) in [5.41, 5.74) is 13.8. The van der Waals surface area contributed by atoms with Gasteiger partial charge in [-0.05, 0) is 188 Å². The molecule has 6 aliphatic carbocycles. The molecule has 3 saturated carbocycles. The van der Waals surface area contributed by atoms with Gasteiger partial charge in [0.2, 0.25) is 0 Å². The number of esters is 1. The number of carbonyl (C=O) groups excluding carboxylic acids is 1. The predicted octanol–water partition coefficient (Wildman–Crippen LogP) is 7.30. The summed E-state index contributed by atoms with van der Waals surface area (Å²) in [7, 11) is 0. The van der Waals surface area contributed by atoms with Crippen molar-refractivity contribution in [2.75, 3.05) is 19.7 Å². The minimum absolute atomic E-state index is 0.0121. The molecule has 4 aliphatic heterocycles. The fourth-order valence-corrected chi connectivity index (χ4v) is 17.9. The molecule has 0 amide bonds. The molecule has 0 saturated heterocycles. The molecule has 4 aromatic rings. The minimum atomic E-state index is -1.68. The molecule has 436 valence electrons. The number of phenols is 2. The third-order valence-corrected chi connectivity index (χ3v) is 21.6. The lowest BCUT2D eigenvalue weighted by Crippen LogP contribution is -2.59. The molecule has 12 N–H and O–H groups in total. The standard InChI is InChI=1S/C67H76N4O12/c1-4-50(67(80)27-33-19-35(67)22-46-40-16-13-37(75)24-47(40)60(77)44-8-6-7-39(33)55(44)46)65(79)82-53-26-48-61(78)58-52(76)25-38(29-72)81-63(58)59-56-43-17-18-70-64(68)57(43)42(15-10-31-9-12-36(74)23-45(31)49(56)30-73)41-14-11-32-21-54(69-5-2)71-28-34(32)20-51(41)66(53,3)83-62(48)59/h4,6-9,12,17,21-23,25,28,33,35,37,40-42,47,49,51,53-54,56,60,69-75,77-78,80H,5,10-11,13-16,18-20,24,26-27,29-30,68H2,1-3H3. The van der Waals surface area contributed by atoms with Gasteiger partial charge in [0.25, 0.3) is 0 Å². The molecule has 14 rings (SSSR count). The Hall–Kier alpha value is -6.66.